The first-order valence-corrected chi connectivity index (χ1v) is 13.7. The Morgan fingerprint density at radius 3 is 2.55 bits per heavy atom. The highest BCUT2D eigenvalue weighted by Crippen LogP contribution is 2.39. The fraction of sp³-hybridized carbons (Fsp3) is 0.467. The van der Waals surface area contributed by atoms with Gasteiger partial charge in [-0.3, -0.25) is 14.4 Å². The summed E-state index contributed by atoms with van der Waals surface area (Å²) in [5.74, 6) is -1.53. The van der Waals surface area contributed by atoms with E-state index in [-0.39, 0.29) is 42.9 Å². The number of likely N-dealkylation sites (N-methyl/N-ethyl adjacent to an activating group) is 1. The van der Waals surface area contributed by atoms with Crippen molar-refractivity contribution in [1.29, 1.82) is 0 Å². The first kappa shape index (κ1) is 29.4. The number of aryl methyl sites for hydroxylation is 2. The second-order valence-corrected chi connectivity index (χ2v) is 10.5. The minimum atomic E-state index is -2.06. The minimum absolute atomic E-state index is 0.0267. The number of fused-ring (bicyclic) bond motifs is 4. The van der Waals surface area contributed by atoms with Crippen molar-refractivity contribution in [3.8, 4) is 11.4 Å². The maximum absolute atomic E-state index is 14.5. The molecule has 1 atom stereocenters. The van der Waals surface area contributed by atoms with E-state index in [9.17, 15) is 23.9 Å². The van der Waals surface area contributed by atoms with E-state index in [1.807, 2.05) is 25.9 Å². The van der Waals surface area contributed by atoms with Crippen molar-refractivity contribution in [3.63, 3.8) is 0 Å². The average molecular weight is 553 g/mol. The molecule has 2 aromatic heterocycles. The fourth-order valence-corrected chi connectivity index (χ4v) is 5.26. The molecular formula is C30H37FN4O5. The lowest BCUT2D eigenvalue weighted by atomic mass is 9.86. The molecule has 10 heteroatoms. The molecule has 9 nitrogen and oxygen atoms in total. The number of ether oxygens (including phenoxy) is 1. The number of carbonyl (C=O) groups excluding carboxylic acids is 2. The maximum Gasteiger partial charge on any atom is 0.305 e. The summed E-state index contributed by atoms with van der Waals surface area (Å²) < 4.78 is 21.4. The molecule has 40 heavy (non-hydrogen) atoms. The number of pyridine rings is 2. The van der Waals surface area contributed by atoms with Gasteiger partial charge in [0.1, 0.15) is 12.4 Å². The number of nitrogens with one attached hydrogen (secondary N) is 1. The predicted molar refractivity (Wildman–Crippen MR) is 150 cm³/mol. The van der Waals surface area contributed by atoms with Crippen molar-refractivity contribution < 1.29 is 23.8 Å². The van der Waals surface area contributed by atoms with Crippen molar-refractivity contribution in [2.24, 2.45) is 0 Å². The van der Waals surface area contributed by atoms with E-state index in [2.05, 4.69) is 5.32 Å². The Bertz CT molecular complexity index is 1550. The van der Waals surface area contributed by atoms with E-state index in [4.69, 9.17) is 9.72 Å². The topological polar surface area (TPSA) is 114 Å². The zero-order chi connectivity index (χ0) is 29.4. The second-order valence-electron chi connectivity index (χ2n) is 10.5. The first-order chi connectivity index (χ1) is 19.0. The van der Waals surface area contributed by atoms with Gasteiger partial charge in [0.25, 0.3) is 11.5 Å². The summed E-state index contributed by atoms with van der Waals surface area (Å²) >= 11 is 0. The highest BCUT2D eigenvalue weighted by atomic mass is 19.1. The Balaban J connectivity index is 1.94. The Hall–Kier alpha value is -3.63. The molecule has 0 unspecified atom stereocenters. The number of carbonyl (C=O) groups is 2. The minimum Gasteiger partial charge on any atom is -0.461 e. The lowest BCUT2D eigenvalue weighted by molar-refractivity contribution is -0.144. The second kappa shape index (κ2) is 11.5. The molecule has 0 saturated carbocycles. The van der Waals surface area contributed by atoms with Gasteiger partial charge in [-0.1, -0.05) is 20.8 Å². The zero-order valence-corrected chi connectivity index (χ0v) is 24.0. The quantitative estimate of drug-likeness (QED) is 0.291. The lowest BCUT2D eigenvalue weighted by Crippen LogP contribution is -2.47. The molecule has 0 bridgehead atoms. The molecular weight excluding hydrogens is 515 g/mol. The van der Waals surface area contributed by atoms with Gasteiger partial charge >= 0.3 is 5.97 Å². The zero-order valence-electron chi connectivity index (χ0n) is 24.0. The van der Waals surface area contributed by atoms with Gasteiger partial charge in [-0.2, -0.15) is 0 Å². The third-order valence-corrected chi connectivity index (χ3v) is 7.64. The summed E-state index contributed by atoms with van der Waals surface area (Å²) in [5, 5.41) is 15.4. The SMILES string of the molecule is CCC(=O)OCc1c([C@@](O)(CC)C(=O)NCCN(C)C)cc2n(c1=O)Cc1c-2nc2cc(F)c(C)cc2c1CC. The molecule has 1 aliphatic heterocycles. The van der Waals surface area contributed by atoms with Crippen LogP contribution in [0.15, 0.2) is 23.0 Å². The fourth-order valence-electron chi connectivity index (χ4n) is 5.26. The molecule has 4 rings (SSSR count). The maximum atomic E-state index is 14.5. The van der Waals surface area contributed by atoms with Gasteiger partial charge in [-0.05, 0) is 57.1 Å². The van der Waals surface area contributed by atoms with Gasteiger partial charge in [-0.25, -0.2) is 9.37 Å². The van der Waals surface area contributed by atoms with Crippen LogP contribution < -0.4 is 10.9 Å². The van der Waals surface area contributed by atoms with Crippen LogP contribution in [0, 0.1) is 12.7 Å². The van der Waals surface area contributed by atoms with Crippen LogP contribution >= 0.6 is 0 Å². The molecule has 2 N–H and O–H groups in total. The van der Waals surface area contributed by atoms with E-state index in [1.54, 1.807) is 32.9 Å². The number of amides is 1. The molecule has 1 aliphatic rings. The number of hydrogen-bond acceptors (Lipinski definition) is 7. The molecule has 214 valence electrons. The van der Waals surface area contributed by atoms with Gasteiger partial charge in [0.15, 0.2) is 5.60 Å². The van der Waals surface area contributed by atoms with Crippen LogP contribution in [0.2, 0.25) is 0 Å². The van der Waals surface area contributed by atoms with Crippen molar-refractivity contribution in [3.05, 3.63) is 62.2 Å². The molecule has 0 radical (unpaired) electrons. The highest BCUT2D eigenvalue weighted by Gasteiger charge is 2.41. The highest BCUT2D eigenvalue weighted by molar-refractivity contribution is 5.90. The Morgan fingerprint density at radius 1 is 1.20 bits per heavy atom. The van der Waals surface area contributed by atoms with Gasteiger partial charge in [-0.15, -0.1) is 0 Å². The Morgan fingerprint density at radius 2 is 1.93 bits per heavy atom. The predicted octanol–water partition coefficient (Wildman–Crippen LogP) is 3.16. The van der Waals surface area contributed by atoms with Crippen LogP contribution in [-0.2, 0) is 39.5 Å². The van der Waals surface area contributed by atoms with Crippen LogP contribution in [0.4, 0.5) is 4.39 Å². The van der Waals surface area contributed by atoms with Crippen LogP contribution in [0.5, 0.6) is 0 Å². The van der Waals surface area contributed by atoms with Gasteiger partial charge < -0.3 is 24.6 Å². The normalized spacial score (nSPS) is 13.7. The number of halogens is 1. The average Bonchev–Trinajstić information content (AvgIpc) is 3.29. The summed E-state index contributed by atoms with van der Waals surface area (Å²) in [6.07, 6.45) is 0.722. The smallest absolute Gasteiger partial charge is 0.305 e. The number of rotatable bonds is 10. The molecule has 3 aromatic rings. The summed E-state index contributed by atoms with van der Waals surface area (Å²) in [5.41, 5.74) is 1.26. The third-order valence-electron chi connectivity index (χ3n) is 7.64. The van der Waals surface area contributed by atoms with Gasteiger partial charge in [0, 0.05) is 42.1 Å². The number of benzene rings is 1. The number of aromatic nitrogens is 2. The Labute approximate surface area is 233 Å². The van der Waals surface area contributed by atoms with Gasteiger partial charge in [0.2, 0.25) is 0 Å². The number of nitrogens with zero attached hydrogens (tertiary/aromatic N) is 3. The number of aliphatic hydroxyl groups is 1. The Kier molecular flexibility index (Phi) is 8.41. The van der Waals surface area contributed by atoms with E-state index in [0.29, 0.717) is 42.0 Å². The first-order valence-electron chi connectivity index (χ1n) is 13.7. The van der Waals surface area contributed by atoms with E-state index in [1.165, 1.54) is 10.6 Å². The van der Waals surface area contributed by atoms with Crippen molar-refractivity contribution in [2.75, 3.05) is 27.2 Å². The molecule has 3 heterocycles. The van der Waals surface area contributed by atoms with Crippen LogP contribution in [0.25, 0.3) is 22.3 Å². The van der Waals surface area contributed by atoms with E-state index >= 15 is 0 Å². The van der Waals surface area contributed by atoms with Crippen LogP contribution in [0.1, 0.15) is 61.4 Å². The summed E-state index contributed by atoms with van der Waals surface area (Å²) in [6.45, 7) is 7.67. The summed E-state index contributed by atoms with van der Waals surface area (Å²) in [7, 11) is 3.73. The van der Waals surface area contributed by atoms with Crippen LogP contribution in [0.3, 0.4) is 0 Å². The number of esters is 1. The standard InChI is InChI=1S/C30H37FN4O5/c1-7-18-19-12-17(4)23(31)14-24(19)33-27-20(18)15-35-25(27)13-22(21(28(35)37)16-40-26(36)8-2)30(39,9-3)29(38)32-10-11-34(5)6/h12-14,39H,7-11,15-16H2,1-6H3,(H,32,38)/t30-/m0/s1. The van der Waals surface area contributed by atoms with Crippen molar-refractivity contribution in [1.82, 2.24) is 19.8 Å². The van der Waals surface area contributed by atoms with E-state index in [0.717, 1.165) is 16.5 Å². The van der Waals surface area contributed by atoms with Crippen molar-refractivity contribution >= 4 is 22.8 Å². The van der Waals surface area contributed by atoms with Gasteiger partial charge in [0.05, 0.1) is 29.0 Å². The third kappa shape index (κ3) is 5.13. The van der Waals surface area contributed by atoms with Crippen molar-refractivity contribution in [2.45, 2.75) is 65.7 Å². The lowest BCUT2D eigenvalue weighted by Gasteiger charge is -2.29. The summed E-state index contributed by atoms with van der Waals surface area (Å²) in [4.78, 5) is 46.0. The summed E-state index contributed by atoms with van der Waals surface area (Å²) in [6, 6.07) is 4.77. The largest absolute Gasteiger partial charge is 0.461 e. The molecule has 0 fully saturated rings. The molecule has 0 saturated heterocycles. The number of hydrogen-bond donors (Lipinski definition) is 2. The van der Waals surface area contributed by atoms with Crippen LogP contribution in [-0.4, -0.2) is 58.6 Å². The van der Waals surface area contributed by atoms with E-state index < -0.39 is 23.0 Å². The molecule has 1 aromatic carbocycles. The molecule has 1 amide bonds. The molecule has 0 aliphatic carbocycles. The molecule has 0 spiro atoms. The monoisotopic (exact) mass is 552 g/mol.